The molecule has 0 amide bonds. The standard InChI is InChI=1S/C11H16N4O2S3/c1-7(2)12-5-9-8(3)4-10(19-9)20(16,17)15-11-14-13-6-18-11/h4,6-7,12H,5H2,1-3H3,(H,14,15). The van der Waals surface area contributed by atoms with Crippen LogP contribution >= 0.6 is 22.7 Å². The van der Waals surface area contributed by atoms with Crippen LogP contribution in [0.5, 0.6) is 0 Å². The molecule has 0 unspecified atom stereocenters. The molecule has 0 radical (unpaired) electrons. The minimum atomic E-state index is -3.57. The predicted octanol–water partition coefficient (Wildman–Crippen LogP) is 2.21. The highest BCUT2D eigenvalue weighted by atomic mass is 32.2. The highest BCUT2D eigenvalue weighted by Crippen LogP contribution is 2.27. The van der Waals surface area contributed by atoms with Crippen LogP contribution in [0.15, 0.2) is 15.8 Å². The third kappa shape index (κ3) is 3.75. The fraction of sp³-hybridized carbons (Fsp3) is 0.455. The minimum Gasteiger partial charge on any atom is -0.310 e. The predicted molar refractivity (Wildman–Crippen MR) is 81.7 cm³/mol. The highest BCUT2D eigenvalue weighted by molar-refractivity contribution is 7.94. The first-order valence-corrected chi connectivity index (χ1v) is 9.18. The van der Waals surface area contributed by atoms with Crippen molar-refractivity contribution < 1.29 is 8.42 Å². The van der Waals surface area contributed by atoms with Gasteiger partial charge in [-0.05, 0) is 18.6 Å². The first-order chi connectivity index (χ1) is 9.38. The average molecular weight is 332 g/mol. The zero-order chi connectivity index (χ0) is 14.8. The minimum absolute atomic E-state index is 0.276. The number of aryl methyl sites for hydroxylation is 1. The van der Waals surface area contributed by atoms with Gasteiger partial charge in [-0.15, -0.1) is 21.5 Å². The summed E-state index contributed by atoms with van der Waals surface area (Å²) in [5.41, 5.74) is 2.45. The summed E-state index contributed by atoms with van der Waals surface area (Å²) in [6, 6.07) is 2.04. The van der Waals surface area contributed by atoms with E-state index >= 15 is 0 Å². The van der Waals surface area contributed by atoms with Crippen LogP contribution in [0.25, 0.3) is 0 Å². The number of nitrogens with one attached hydrogen (secondary N) is 2. The van der Waals surface area contributed by atoms with Gasteiger partial charge >= 0.3 is 0 Å². The number of thiophene rings is 1. The molecule has 0 bridgehead atoms. The number of rotatable bonds is 6. The largest absolute Gasteiger partial charge is 0.310 e. The first kappa shape index (κ1) is 15.4. The summed E-state index contributed by atoms with van der Waals surface area (Å²) >= 11 is 2.42. The van der Waals surface area contributed by atoms with Gasteiger partial charge in [0.05, 0.1) is 0 Å². The molecule has 20 heavy (non-hydrogen) atoms. The first-order valence-electron chi connectivity index (χ1n) is 6.00. The van der Waals surface area contributed by atoms with Gasteiger partial charge in [0.15, 0.2) is 0 Å². The molecule has 2 aromatic rings. The van der Waals surface area contributed by atoms with Gasteiger partial charge in [0.25, 0.3) is 10.0 Å². The second-order valence-corrected chi connectivity index (χ2v) is 8.44. The smallest absolute Gasteiger partial charge is 0.273 e. The Morgan fingerprint density at radius 1 is 1.40 bits per heavy atom. The van der Waals surface area contributed by atoms with Crippen molar-refractivity contribution >= 4 is 37.8 Å². The lowest BCUT2D eigenvalue weighted by molar-refractivity contribution is 0.592. The molecular weight excluding hydrogens is 316 g/mol. The van der Waals surface area contributed by atoms with Crippen LogP contribution in [0, 0.1) is 6.92 Å². The monoisotopic (exact) mass is 332 g/mol. The molecule has 2 rings (SSSR count). The third-order valence-electron chi connectivity index (χ3n) is 2.52. The molecule has 0 aromatic carbocycles. The Hall–Kier alpha value is -1.03. The van der Waals surface area contributed by atoms with Gasteiger partial charge < -0.3 is 5.32 Å². The molecule has 110 valence electrons. The zero-order valence-electron chi connectivity index (χ0n) is 11.4. The Labute approximate surface area is 126 Å². The molecule has 6 nitrogen and oxygen atoms in total. The molecule has 2 heterocycles. The molecule has 2 N–H and O–H groups in total. The second-order valence-electron chi connectivity index (χ2n) is 4.56. The van der Waals surface area contributed by atoms with Crippen molar-refractivity contribution in [2.75, 3.05) is 4.72 Å². The van der Waals surface area contributed by atoms with Gasteiger partial charge in [0.1, 0.15) is 9.72 Å². The maximum absolute atomic E-state index is 12.2. The second kappa shape index (κ2) is 6.17. The summed E-state index contributed by atoms with van der Waals surface area (Å²) in [6.07, 6.45) is 0. The maximum Gasteiger partial charge on any atom is 0.273 e. The van der Waals surface area contributed by atoms with Gasteiger partial charge in [0.2, 0.25) is 5.13 Å². The Balaban J connectivity index is 2.18. The topological polar surface area (TPSA) is 84.0 Å². The van der Waals surface area contributed by atoms with Crippen molar-refractivity contribution in [3.8, 4) is 0 Å². The van der Waals surface area contributed by atoms with Crippen LogP contribution in [0.1, 0.15) is 24.3 Å². The van der Waals surface area contributed by atoms with Crippen LogP contribution in [0.3, 0.4) is 0 Å². The van der Waals surface area contributed by atoms with Gasteiger partial charge in [-0.2, -0.15) is 0 Å². The summed E-state index contributed by atoms with van der Waals surface area (Å²) in [5.74, 6) is 0. The lowest BCUT2D eigenvalue weighted by Crippen LogP contribution is -2.21. The lowest BCUT2D eigenvalue weighted by atomic mass is 10.3. The van der Waals surface area contributed by atoms with E-state index in [4.69, 9.17) is 0 Å². The highest BCUT2D eigenvalue weighted by Gasteiger charge is 2.20. The summed E-state index contributed by atoms with van der Waals surface area (Å²) in [4.78, 5) is 1.02. The zero-order valence-corrected chi connectivity index (χ0v) is 13.8. The van der Waals surface area contributed by atoms with E-state index in [1.807, 2.05) is 6.92 Å². The molecule has 0 saturated heterocycles. The number of hydrogen-bond acceptors (Lipinski definition) is 7. The Morgan fingerprint density at radius 3 is 2.75 bits per heavy atom. The van der Waals surface area contributed by atoms with Gasteiger partial charge in [-0.25, -0.2) is 8.42 Å². The van der Waals surface area contributed by atoms with Crippen LogP contribution in [-0.2, 0) is 16.6 Å². The Morgan fingerprint density at radius 2 is 2.15 bits per heavy atom. The molecular formula is C11H16N4O2S3. The van der Waals surface area contributed by atoms with E-state index in [0.717, 1.165) is 21.8 Å². The van der Waals surface area contributed by atoms with Crippen LogP contribution in [0.4, 0.5) is 5.13 Å². The van der Waals surface area contributed by atoms with E-state index in [1.165, 1.54) is 16.8 Å². The summed E-state index contributed by atoms with van der Waals surface area (Å²) in [7, 11) is -3.57. The van der Waals surface area contributed by atoms with Crippen molar-refractivity contribution in [3.63, 3.8) is 0 Å². The van der Waals surface area contributed by atoms with E-state index in [2.05, 4.69) is 34.1 Å². The van der Waals surface area contributed by atoms with E-state index in [9.17, 15) is 8.42 Å². The third-order valence-corrected chi connectivity index (χ3v) is 6.30. The molecule has 0 aliphatic rings. The number of hydrogen-bond donors (Lipinski definition) is 2. The molecule has 0 saturated carbocycles. The van der Waals surface area contributed by atoms with Gasteiger partial charge in [-0.3, -0.25) is 4.72 Å². The van der Waals surface area contributed by atoms with Crippen LogP contribution in [-0.4, -0.2) is 24.7 Å². The molecule has 0 aliphatic heterocycles. The van der Waals surface area contributed by atoms with Crippen molar-refractivity contribution in [2.24, 2.45) is 0 Å². The van der Waals surface area contributed by atoms with Crippen molar-refractivity contribution in [2.45, 2.75) is 37.6 Å². The van der Waals surface area contributed by atoms with E-state index in [0.29, 0.717) is 16.8 Å². The molecule has 9 heteroatoms. The van der Waals surface area contributed by atoms with Crippen molar-refractivity contribution in [1.29, 1.82) is 0 Å². The number of nitrogens with zero attached hydrogens (tertiary/aromatic N) is 2. The fourth-order valence-corrected chi connectivity index (χ4v) is 4.71. The summed E-state index contributed by atoms with van der Waals surface area (Å²) < 4.78 is 27.2. The number of anilines is 1. The average Bonchev–Trinajstić information content (AvgIpc) is 2.96. The normalized spacial score (nSPS) is 12.0. The quantitative estimate of drug-likeness (QED) is 0.847. The molecule has 0 atom stereocenters. The van der Waals surface area contributed by atoms with Crippen LogP contribution in [0.2, 0.25) is 0 Å². The van der Waals surface area contributed by atoms with Crippen LogP contribution < -0.4 is 10.0 Å². The lowest BCUT2D eigenvalue weighted by Gasteiger charge is -2.06. The maximum atomic E-state index is 12.2. The Bertz CT molecular complexity index is 662. The molecule has 2 aromatic heterocycles. The fourth-order valence-electron chi connectivity index (χ4n) is 1.48. The van der Waals surface area contributed by atoms with Crippen molar-refractivity contribution in [3.05, 3.63) is 22.0 Å². The molecule has 0 aliphatic carbocycles. The van der Waals surface area contributed by atoms with E-state index in [-0.39, 0.29) is 5.13 Å². The molecule has 0 spiro atoms. The van der Waals surface area contributed by atoms with Gasteiger partial charge in [0, 0.05) is 17.5 Å². The number of sulfonamides is 1. The van der Waals surface area contributed by atoms with E-state index < -0.39 is 10.0 Å². The Kier molecular flexibility index (Phi) is 4.74. The SMILES string of the molecule is Cc1cc(S(=O)(=O)Nc2nncs2)sc1CNC(C)C. The van der Waals surface area contributed by atoms with Gasteiger partial charge in [-0.1, -0.05) is 25.2 Å². The van der Waals surface area contributed by atoms with Crippen molar-refractivity contribution in [1.82, 2.24) is 15.5 Å². The summed E-state index contributed by atoms with van der Waals surface area (Å²) in [6.45, 7) is 6.69. The molecule has 0 fully saturated rings. The number of aromatic nitrogens is 2. The summed E-state index contributed by atoms with van der Waals surface area (Å²) in [5, 5.41) is 10.9. The van der Waals surface area contributed by atoms with E-state index in [1.54, 1.807) is 6.07 Å².